The van der Waals surface area contributed by atoms with Crippen LogP contribution in [0.5, 0.6) is 0 Å². The second kappa shape index (κ2) is 7.39. The summed E-state index contributed by atoms with van der Waals surface area (Å²) in [6.07, 6.45) is 3.75. The summed E-state index contributed by atoms with van der Waals surface area (Å²) in [5.74, 6) is 0.996. The number of rotatable bonds is 7. The summed E-state index contributed by atoms with van der Waals surface area (Å²) in [6, 6.07) is 2.46. The van der Waals surface area contributed by atoms with E-state index in [2.05, 4.69) is 16.0 Å². The second-order valence-electron chi connectivity index (χ2n) is 5.13. The first kappa shape index (κ1) is 15.0. The minimum Gasteiger partial charge on any atom is -0.355 e. The number of nitrogens with one attached hydrogen (secondary N) is 3. The molecule has 110 valence electrons. The van der Waals surface area contributed by atoms with Crippen LogP contribution in [-0.2, 0) is 4.79 Å². The maximum Gasteiger partial charge on any atom is 0.315 e. The van der Waals surface area contributed by atoms with Crippen molar-refractivity contribution in [1.82, 2.24) is 16.0 Å². The Morgan fingerprint density at radius 3 is 3.10 bits per heavy atom. The molecule has 7 heteroatoms. The van der Waals surface area contributed by atoms with E-state index in [1.807, 2.05) is 17.8 Å². The van der Waals surface area contributed by atoms with Gasteiger partial charge in [0.1, 0.15) is 0 Å². The van der Waals surface area contributed by atoms with E-state index < -0.39 is 0 Å². The van der Waals surface area contributed by atoms with Crippen LogP contribution in [0, 0.1) is 11.3 Å². The molecular weight excluding hydrogens is 276 g/mol. The highest BCUT2D eigenvalue weighted by atomic mass is 32.2. The molecule has 0 spiro atoms. The van der Waals surface area contributed by atoms with Gasteiger partial charge in [-0.05, 0) is 12.8 Å². The van der Waals surface area contributed by atoms with Crippen molar-refractivity contribution in [2.45, 2.75) is 49.4 Å². The van der Waals surface area contributed by atoms with Crippen LogP contribution < -0.4 is 16.0 Å². The molecule has 3 N–H and O–H groups in total. The van der Waals surface area contributed by atoms with Crippen molar-refractivity contribution < 1.29 is 9.59 Å². The predicted molar refractivity (Wildman–Crippen MR) is 77.2 cm³/mol. The molecule has 2 fully saturated rings. The molecule has 0 aromatic carbocycles. The maximum atomic E-state index is 11.4. The topological polar surface area (TPSA) is 94.0 Å². The van der Waals surface area contributed by atoms with E-state index in [0.717, 1.165) is 25.0 Å². The molecule has 0 aromatic rings. The molecule has 2 rings (SSSR count). The molecule has 0 aromatic heterocycles. The number of amides is 3. The zero-order valence-corrected chi connectivity index (χ0v) is 12.2. The molecule has 20 heavy (non-hydrogen) atoms. The molecule has 0 unspecified atom stereocenters. The van der Waals surface area contributed by atoms with E-state index in [-0.39, 0.29) is 24.0 Å². The van der Waals surface area contributed by atoms with E-state index in [1.54, 1.807) is 0 Å². The average molecular weight is 296 g/mol. The van der Waals surface area contributed by atoms with Gasteiger partial charge in [-0.1, -0.05) is 6.42 Å². The van der Waals surface area contributed by atoms with Crippen LogP contribution in [0.25, 0.3) is 0 Å². The van der Waals surface area contributed by atoms with Crippen molar-refractivity contribution in [2.24, 2.45) is 0 Å². The fraction of sp³-hybridized carbons (Fsp3) is 0.769. The van der Waals surface area contributed by atoms with Crippen molar-refractivity contribution >= 4 is 23.7 Å². The third kappa shape index (κ3) is 4.04. The van der Waals surface area contributed by atoms with Gasteiger partial charge in [0.25, 0.3) is 0 Å². The number of unbranched alkanes of at least 4 members (excludes halogenated alkanes) is 1. The number of urea groups is 1. The standard InChI is InChI=1S/C13H20N4O2S/c14-6-3-7-15-11(18)5-2-1-4-10-12-9(8-20-10)16-13(19)17-12/h9-10,12H,1-5,7-8H2,(H,15,18)(H2,16,17,19)/t9-,10-,12-/m0/s1. The van der Waals surface area contributed by atoms with Crippen molar-refractivity contribution in [1.29, 1.82) is 5.26 Å². The lowest BCUT2D eigenvalue weighted by Crippen LogP contribution is -2.36. The highest BCUT2D eigenvalue weighted by Gasteiger charge is 2.42. The Morgan fingerprint density at radius 1 is 1.45 bits per heavy atom. The normalized spacial score (nSPS) is 27.4. The number of thioether (sulfide) groups is 1. The van der Waals surface area contributed by atoms with Gasteiger partial charge in [0.2, 0.25) is 5.91 Å². The van der Waals surface area contributed by atoms with Crippen LogP contribution in [-0.4, -0.2) is 41.6 Å². The molecule has 0 radical (unpaired) electrons. The van der Waals surface area contributed by atoms with Crippen molar-refractivity contribution in [2.75, 3.05) is 12.3 Å². The van der Waals surface area contributed by atoms with E-state index >= 15 is 0 Å². The molecule has 3 amide bonds. The zero-order chi connectivity index (χ0) is 14.4. The number of hydrogen-bond donors (Lipinski definition) is 3. The summed E-state index contributed by atoms with van der Waals surface area (Å²) in [4.78, 5) is 22.7. The zero-order valence-electron chi connectivity index (χ0n) is 11.4. The molecule has 3 atom stereocenters. The highest BCUT2D eigenvalue weighted by molar-refractivity contribution is 8.00. The third-order valence-corrected chi connectivity index (χ3v) is 5.15. The molecule has 0 saturated carbocycles. The van der Waals surface area contributed by atoms with Crippen LogP contribution in [0.1, 0.15) is 32.1 Å². The van der Waals surface area contributed by atoms with Gasteiger partial charge in [-0.3, -0.25) is 4.79 Å². The van der Waals surface area contributed by atoms with Crippen LogP contribution in [0.2, 0.25) is 0 Å². The first-order chi connectivity index (χ1) is 9.70. The summed E-state index contributed by atoms with van der Waals surface area (Å²) < 4.78 is 0. The van der Waals surface area contributed by atoms with Gasteiger partial charge in [0.15, 0.2) is 0 Å². The van der Waals surface area contributed by atoms with E-state index in [1.165, 1.54) is 0 Å². The lowest BCUT2D eigenvalue weighted by atomic mass is 10.0. The van der Waals surface area contributed by atoms with Crippen LogP contribution in [0.3, 0.4) is 0 Å². The molecule has 2 heterocycles. The van der Waals surface area contributed by atoms with Crippen molar-refractivity contribution in [3.8, 4) is 6.07 Å². The summed E-state index contributed by atoms with van der Waals surface area (Å²) in [7, 11) is 0. The average Bonchev–Trinajstić information content (AvgIpc) is 2.95. The summed E-state index contributed by atoms with van der Waals surface area (Å²) in [5, 5.41) is 17.4. The van der Waals surface area contributed by atoms with Gasteiger partial charge in [-0.15, -0.1) is 0 Å². The SMILES string of the molecule is N#CCCNC(=O)CCCC[C@@H]1SC[C@@H]2NC(=O)N[C@@H]21. The Morgan fingerprint density at radius 2 is 2.30 bits per heavy atom. The molecule has 0 bridgehead atoms. The fourth-order valence-corrected chi connectivity index (χ4v) is 4.16. The van der Waals surface area contributed by atoms with E-state index in [0.29, 0.717) is 24.6 Å². The summed E-state index contributed by atoms with van der Waals surface area (Å²) in [5.41, 5.74) is 0. The number of nitriles is 1. The number of hydrogen-bond acceptors (Lipinski definition) is 4. The third-order valence-electron chi connectivity index (χ3n) is 3.64. The van der Waals surface area contributed by atoms with Gasteiger partial charge in [0.05, 0.1) is 24.6 Å². The number of carbonyl (C=O) groups is 2. The second-order valence-corrected chi connectivity index (χ2v) is 6.40. The van der Waals surface area contributed by atoms with E-state index in [9.17, 15) is 9.59 Å². The Bertz CT molecular complexity index is 410. The van der Waals surface area contributed by atoms with Crippen LogP contribution >= 0.6 is 11.8 Å². The van der Waals surface area contributed by atoms with Crippen molar-refractivity contribution in [3.63, 3.8) is 0 Å². The smallest absolute Gasteiger partial charge is 0.315 e. The molecular formula is C13H20N4O2S. The number of carbonyl (C=O) groups excluding carboxylic acids is 2. The Labute approximate surface area is 123 Å². The molecule has 0 aliphatic carbocycles. The lowest BCUT2D eigenvalue weighted by molar-refractivity contribution is -0.121. The van der Waals surface area contributed by atoms with Gasteiger partial charge in [-0.25, -0.2) is 4.79 Å². The predicted octanol–water partition coefficient (Wildman–Crippen LogP) is 0.742. The summed E-state index contributed by atoms with van der Waals surface area (Å²) >= 11 is 1.90. The Balaban J connectivity index is 1.56. The molecule has 6 nitrogen and oxygen atoms in total. The van der Waals surface area contributed by atoms with Gasteiger partial charge in [0, 0.05) is 24.0 Å². The van der Waals surface area contributed by atoms with Crippen molar-refractivity contribution in [3.05, 3.63) is 0 Å². The highest BCUT2D eigenvalue weighted by Crippen LogP contribution is 2.33. The molecule has 2 aliphatic rings. The first-order valence-corrected chi connectivity index (χ1v) is 8.08. The molecule has 2 saturated heterocycles. The van der Waals surface area contributed by atoms with Crippen LogP contribution in [0.15, 0.2) is 0 Å². The van der Waals surface area contributed by atoms with E-state index in [4.69, 9.17) is 5.26 Å². The fourth-order valence-electron chi connectivity index (χ4n) is 2.62. The Hall–Kier alpha value is -1.42. The monoisotopic (exact) mass is 296 g/mol. The largest absolute Gasteiger partial charge is 0.355 e. The number of nitrogens with zero attached hydrogens (tertiary/aromatic N) is 1. The Kier molecular flexibility index (Phi) is 5.53. The van der Waals surface area contributed by atoms with Gasteiger partial charge >= 0.3 is 6.03 Å². The maximum absolute atomic E-state index is 11.4. The summed E-state index contributed by atoms with van der Waals surface area (Å²) in [6.45, 7) is 0.440. The lowest BCUT2D eigenvalue weighted by Gasteiger charge is -2.16. The first-order valence-electron chi connectivity index (χ1n) is 7.03. The number of fused-ring (bicyclic) bond motifs is 1. The molecule has 2 aliphatic heterocycles. The minimum atomic E-state index is -0.0535. The quantitative estimate of drug-likeness (QED) is 0.477. The van der Waals surface area contributed by atoms with Gasteiger partial charge < -0.3 is 16.0 Å². The minimum absolute atomic E-state index is 0.0213. The van der Waals surface area contributed by atoms with Gasteiger partial charge in [-0.2, -0.15) is 17.0 Å². The van der Waals surface area contributed by atoms with Crippen LogP contribution in [0.4, 0.5) is 4.79 Å².